The number of ether oxygens (including phenoxy) is 1. The van der Waals surface area contributed by atoms with Crippen molar-refractivity contribution >= 4 is 6.09 Å². The number of benzene rings is 2. The van der Waals surface area contributed by atoms with Gasteiger partial charge in [-0.05, 0) is 25.0 Å². The number of alkyl carbamates (subject to hydrolysis) is 1. The molecule has 0 saturated heterocycles. The average Bonchev–Trinajstić information content (AvgIpc) is 2.53. The van der Waals surface area contributed by atoms with Gasteiger partial charge in [-0.2, -0.15) is 0 Å². The third kappa shape index (κ3) is 6.12. The van der Waals surface area contributed by atoms with E-state index < -0.39 is 11.7 Å². The molecule has 0 saturated carbocycles. The summed E-state index contributed by atoms with van der Waals surface area (Å²) in [5.74, 6) is 0. The summed E-state index contributed by atoms with van der Waals surface area (Å²) >= 11 is 0. The summed E-state index contributed by atoms with van der Waals surface area (Å²) in [4.78, 5) is 12.1. The zero-order chi connectivity index (χ0) is 16.7. The highest BCUT2D eigenvalue weighted by molar-refractivity contribution is 5.68. The van der Waals surface area contributed by atoms with Gasteiger partial charge in [0.05, 0.1) is 11.6 Å². The Labute approximate surface area is 137 Å². The second-order valence-corrected chi connectivity index (χ2v) is 6.19. The van der Waals surface area contributed by atoms with Crippen LogP contribution in [0, 0.1) is 0 Å². The summed E-state index contributed by atoms with van der Waals surface area (Å²) in [6.07, 6.45) is -0.0933. The third-order valence-corrected chi connectivity index (χ3v) is 3.41. The number of amides is 1. The van der Waals surface area contributed by atoms with Gasteiger partial charge in [-0.3, -0.25) is 0 Å². The Kier molecular flexibility index (Phi) is 5.77. The first-order chi connectivity index (χ1) is 10.9. The normalized spacial score (nSPS) is 12.5. The molecule has 4 nitrogen and oxygen atoms in total. The van der Waals surface area contributed by atoms with Gasteiger partial charge in [-0.25, -0.2) is 4.79 Å². The van der Waals surface area contributed by atoms with E-state index in [4.69, 9.17) is 4.74 Å². The van der Waals surface area contributed by atoms with Crippen LogP contribution in [0.15, 0.2) is 60.7 Å². The third-order valence-electron chi connectivity index (χ3n) is 3.41. The van der Waals surface area contributed by atoms with Crippen molar-refractivity contribution in [2.45, 2.75) is 38.5 Å². The van der Waals surface area contributed by atoms with Gasteiger partial charge < -0.3 is 15.2 Å². The lowest BCUT2D eigenvalue weighted by Crippen LogP contribution is -2.34. The first kappa shape index (κ1) is 17.0. The standard InChI is InChI=1S/C19H23NO3/c1-19(2,22)13-17(16-11-7-4-8-12-16)20-18(21)23-14-15-9-5-3-6-10-15/h3-12,17,22H,13-14H2,1-2H3,(H,20,21). The second kappa shape index (κ2) is 7.79. The molecule has 23 heavy (non-hydrogen) atoms. The average molecular weight is 313 g/mol. The Balaban J connectivity index is 1.98. The molecule has 0 heterocycles. The van der Waals surface area contributed by atoms with Crippen molar-refractivity contribution in [1.82, 2.24) is 5.32 Å². The number of hydrogen-bond acceptors (Lipinski definition) is 3. The molecule has 0 aromatic heterocycles. The molecule has 1 amide bonds. The van der Waals surface area contributed by atoms with Crippen LogP contribution in [0.3, 0.4) is 0 Å². The Hall–Kier alpha value is -2.33. The van der Waals surface area contributed by atoms with Crippen LogP contribution >= 0.6 is 0 Å². The summed E-state index contributed by atoms with van der Waals surface area (Å²) in [7, 11) is 0. The van der Waals surface area contributed by atoms with Crippen molar-refractivity contribution in [1.29, 1.82) is 0 Å². The molecule has 0 aliphatic rings. The summed E-state index contributed by atoms with van der Waals surface area (Å²) in [5, 5.41) is 12.9. The fraction of sp³-hybridized carbons (Fsp3) is 0.316. The summed E-state index contributed by atoms with van der Waals surface area (Å²) in [6.45, 7) is 3.66. The van der Waals surface area contributed by atoms with Crippen molar-refractivity contribution in [3.63, 3.8) is 0 Å². The highest BCUT2D eigenvalue weighted by Gasteiger charge is 2.23. The van der Waals surface area contributed by atoms with E-state index in [1.165, 1.54) is 0 Å². The van der Waals surface area contributed by atoms with Gasteiger partial charge in [-0.15, -0.1) is 0 Å². The Morgan fingerprint density at radius 1 is 1.09 bits per heavy atom. The molecule has 0 spiro atoms. The van der Waals surface area contributed by atoms with Crippen molar-refractivity contribution in [3.05, 3.63) is 71.8 Å². The minimum Gasteiger partial charge on any atom is -0.445 e. The quantitative estimate of drug-likeness (QED) is 0.852. The summed E-state index contributed by atoms with van der Waals surface area (Å²) in [6, 6.07) is 18.8. The van der Waals surface area contributed by atoms with Gasteiger partial charge in [0.2, 0.25) is 0 Å². The molecule has 4 heteroatoms. The number of aliphatic hydroxyl groups is 1. The van der Waals surface area contributed by atoms with Gasteiger partial charge in [0.15, 0.2) is 0 Å². The Bertz CT molecular complexity index is 606. The fourth-order valence-corrected chi connectivity index (χ4v) is 2.34. The zero-order valence-electron chi connectivity index (χ0n) is 13.5. The van der Waals surface area contributed by atoms with E-state index >= 15 is 0 Å². The lowest BCUT2D eigenvalue weighted by atomic mass is 9.94. The van der Waals surface area contributed by atoms with Crippen LogP contribution in [-0.4, -0.2) is 16.8 Å². The SMILES string of the molecule is CC(C)(O)CC(NC(=O)OCc1ccccc1)c1ccccc1. The minimum absolute atomic E-state index is 0.219. The molecule has 122 valence electrons. The fourth-order valence-electron chi connectivity index (χ4n) is 2.34. The molecular weight excluding hydrogens is 290 g/mol. The predicted molar refractivity (Wildman–Crippen MR) is 89.9 cm³/mol. The number of carbonyl (C=O) groups is 1. The van der Waals surface area contributed by atoms with Crippen LogP contribution in [0.4, 0.5) is 4.79 Å². The van der Waals surface area contributed by atoms with Crippen molar-refractivity contribution in [3.8, 4) is 0 Å². The van der Waals surface area contributed by atoms with E-state index in [2.05, 4.69) is 5.32 Å². The summed E-state index contributed by atoms with van der Waals surface area (Å²) < 4.78 is 5.26. The Morgan fingerprint density at radius 2 is 1.65 bits per heavy atom. The highest BCUT2D eigenvalue weighted by atomic mass is 16.5. The van der Waals surface area contributed by atoms with Gasteiger partial charge >= 0.3 is 6.09 Å². The van der Waals surface area contributed by atoms with Crippen LogP contribution in [0.2, 0.25) is 0 Å². The van der Waals surface area contributed by atoms with Crippen LogP contribution in [0.25, 0.3) is 0 Å². The molecule has 2 N–H and O–H groups in total. The van der Waals surface area contributed by atoms with E-state index in [-0.39, 0.29) is 12.6 Å². The molecule has 2 aromatic rings. The van der Waals surface area contributed by atoms with Crippen LogP contribution in [0.5, 0.6) is 0 Å². The van der Waals surface area contributed by atoms with Crippen molar-refractivity contribution in [2.24, 2.45) is 0 Å². The van der Waals surface area contributed by atoms with E-state index in [1.807, 2.05) is 60.7 Å². The van der Waals surface area contributed by atoms with E-state index in [0.717, 1.165) is 11.1 Å². The Morgan fingerprint density at radius 3 is 2.22 bits per heavy atom. The topological polar surface area (TPSA) is 58.6 Å². The van der Waals surface area contributed by atoms with E-state index in [0.29, 0.717) is 6.42 Å². The maximum absolute atomic E-state index is 12.1. The number of carbonyl (C=O) groups excluding carboxylic acids is 1. The maximum Gasteiger partial charge on any atom is 0.407 e. The molecule has 0 aliphatic carbocycles. The molecule has 2 rings (SSSR count). The predicted octanol–water partition coefficient (Wildman–Crippen LogP) is 3.82. The number of nitrogens with one attached hydrogen (secondary N) is 1. The summed E-state index contributed by atoms with van der Waals surface area (Å²) in [5.41, 5.74) is 0.973. The highest BCUT2D eigenvalue weighted by Crippen LogP contribution is 2.23. The molecule has 1 unspecified atom stereocenters. The van der Waals surface area contributed by atoms with Crippen LogP contribution < -0.4 is 5.32 Å². The lowest BCUT2D eigenvalue weighted by molar-refractivity contribution is 0.0571. The first-order valence-corrected chi connectivity index (χ1v) is 7.68. The van der Waals surface area contributed by atoms with E-state index in [1.54, 1.807) is 13.8 Å². The molecule has 2 aromatic carbocycles. The van der Waals surface area contributed by atoms with Gasteiger partial charge in [0, 0.05) is 6.42 Å². The van der Waals surface area contributed by atoms with Gasteiger partial charge in [0.25, 0.3) is 0 Å². The molecule has 0 fully saturated rings. The van der Waals surface area contributed by atoms with Crippen molar-refractivity contribution < 1.29 is 14.6 Å². The molecule has 0 bridgehead atoms. The van der Waals surface area contributed by atoms with Gasteiger partial charge in [-0.1, -0.05) is 60.7 Å². The number of hydrogen-bond donors (Lipinski definition) is 2. The first-order valence-electron chi connectivity index (χ1n) is 7.68. The molecule has 0 aliphatic heterocycles. The maximum atomic E-state index is 12.1. The second-order valence-electron chi connectivity index (χ2n) is 6.19. The lowest BCUT2D eigenvalue weighted by Gasteiger charge is -2.26. The largest absolute Gasteiger partial charge is 0.445 e. The molecule has 1 atom stereocenters. The van der Waals surface area contributed by atoms with Crippen molar-refractivity contribution in [2.75, 3.05) is 0 Å². The van der Waals surface area contributed by atoms with Crippen LogP contribution in [0.1, 0.15) is 37.4 Å². The van der Waals surface area contributed by atoms with E-state index in [9.17, 15) is 9.90 Å². The molecule has 0 radical (unpaired) electrons. The minimum atomic E-state index is -0.896. The monoisotopic (exact) mass is 313 g/mol. The van der Waals surface area contributed by atoms with Crippen LogP contribution in [-0.2, 0) is 11.3 Å². The smallest absolute Gasteiger partial charge is 0.407 e. The zero-order valence-corrected chi connectivity index (χ0v) is 13.5. The molecular formula is C19H23NO3. The number of rotatable bonds is 6. The van der Waals surface area contributed by atoms with Gasteiger partial charge in [0.1, 0.15) is 6.61 Å².